The Bertz CT molecular complexity index is 1690. The van der Waals surface area contributed by atoms with Crippen LogP contribution >= 0.6 is 0 Å². The summed E-state index contributed by atoms with van der Waals surface area (Å²) < 4.78 is 37.2. The highest BCUT2D eigenvalue weighted by Gasteiger charge is 2.35. The fourth-order valence-corrected chi connectivity index (χ4v) is 6.01. The molecule has 2 saturated heterocycles. The Kier molecular flexibility index (Phi) is 16.0. The first kappa shape index (κ1) is 40.4. The van der Waals surface area contributed by atoms with E-state index in [1.807, 2.05) is 62.4 Å². The Morgan fingerprint density at radius 3 is 1.81 bits per heavy atom. The summed E-state index contributed by atoms with van der Waals surface area (Å²) in [5.41, 5.74) is 7.85. The molecule has 4 aromatic rings. The van der Waals surface area contributed by atoms with Crippen LogP contribution in [0.5, 0.6) is 23.0 Å². The molecule has 3 aliphatic heterocycles. The number of ether oxygens (including phenoxy) is 2. The van der Waals surface area contributed by atoms with Crippen molar-refractivity contribution >= 4 is 16.7 Å². The lowest BCUT2D eigenvalue weighted by Crippen LogP contribution is -2.37. The van der Waals surface area contributed by atoms with Gasteiger partial charge in [0, 0.05) is 6.42 Å². The average molecular weight is 720 g/mol. The number of fused-ring (bicyclic) bond motifs is 2. The maximum atomic E-state index is 13.1. The fraction of sp³-hybridized carbons (Fsp3) is 0.452. The Morgan fingerprint density at radius 1 is 0.692 bits per heavy atom. The molecule has 0 radical (unpaired) electrons. The molecule has 4 aromatic carbocycles. The smallest absolute Gasteiger partial charge is 0.324 e. The van der Waals surface area contributed by atoms with Crippen LogP contribution in [0.15, 0.2) is 78.9 Å². The number of phenols is 2. The first-order valence-corrected chi connectivity index (χ1v) is 18.7. The van der Waals surface area contributed by atoms with E-state index in [2.05, 4.69) is 27.7 Å². The lowest BCUT2D eigenvalue weighted by molar-refractivity contribution is -0.142. The first-order valence-electron chi connectivity index (χ1n) is 18.7. The first-order chi connectivity index (χ1) is 25.2. The van der Waals surface area contributed by atoms with Crippen molar-refractivity contribution in [2.24, 2.45) is 5.73 Å². The standard InChI is InChI=1S/C14H13F2NO.C14H19NO2.C12H17NO2.C2H6/c15-14(16,13(17)18)8-7-10-5-6-11-3-1-2-4-12(11)9-10;1(6-15-7-2-8-15)3-12-4-5-13-14(11-12)17-10-9-16-13;14-11-5-4-10(9-12(11)15)3-1-6-13-7-2-8-13;1-2/h1-6,9H,7-8H2,(H2,17,18);4-5,11H,1-3,6-10H2;4-5,9,14-15H,1-3,6-8H2;1-2H3. The molecule has 4 N–H and O–H groups in total. The summed E-state index contributed by atoms with van der Waals surface area (Å²) in [6.45, 7) is 12.8. The minimum atomic E-state index is -3.44. The number of phenolic OH excluding ortho intramolecular Hbond substituents is 2. The highest BCUT2D eigenvalue weighted by atomic mass is 19.3. The van der Waals surface area contributed by atoms with Gasteiger partial charge in [-0.1, -0.05) is 68.4 Å². The van der Waals surface area contributed by atoms with E-state index in [9.17, 15) is 18.7 Å². The van der Waals surface area contributed by atoms with Gasteiger partial charge >= 0.3 is 5.92 Å². The van der Waals surface area contributed by atoms with E-state index < -0.39 is 18.3 Å². The largest absolute Gasteiger partial charge is 0.504 e. The summed E-state index contributed by atoms with van der Waals surface area (Å²) in [6.07, 6.45) is 6.73. The second-order valence-electron chi connectivity index (χ2n) is 13.1. The predicted octanol–water partition coefficient (Wildman–Crippen LogP) is 7.75. The van der Waals surface area contributed by atoms with Crippen LogP contribution in [-0.2, 0) is 24.1 Å². The molecular formula is C42H55F2N3O5. The van der Waals surface area contributed by atoms with Gasteiger partial charge < -0.3 is 35.2 Å². The molecule has 0 aromatic heterocycles. The molecule has 10 heteroatoms. The molecule has 2 fully saturated rings. The zero-order chi connectivity index (χ0) is 37.3. The highest BCUT2D eigenvalue weighted by molar-refractivity contribution is 5.83. The molecule has 8 nitrogen and oxygen atoms in total. The topological polar surface area (TPSA) is 108 Å². The Hall–Kier alpha value is -4.41. The number of aryl methyl sites for hydroxylation is 3. The lowest BCUT2D eigenvalue weighted by atomic mass is 10.0. The van der Waals surface area contributed by atoms with Gasteiger partial charge in [-0.3, -0.25) is 4.79 Å². The summed E-state index contributed by atoms with van der Waals surface area (Å²) in [5.74, 6) is -3.26. The molecule has 0 unspecified atom stereocenters. The Morgan fingerprint density at radius 2 is 1.23 bits per heavy atom. The van der Waals surface area contributed by atoms with Crippen LogP contribution in [0.3, 0.4) is 0 Å². The second kappa shape index (κ2) is 20.6. The number of hydrogen-bond donors (Lipinski definition) is 3. The minimum Gasteiger partial charge on any atom is -0.504 e. The van der Waals surface area contributed by atoms with Crippen molar-refractivity contribution in [3.05, 3.63) is 95.6 Å². The Balaban J connectivity index is 0.000000171. The van der Waals surface area contributed by atoms with Crippen molar-refractivity contribution in [3.8, 4) is 23.0 Å². The van der Waals surface area contributed by atoms with E-state index in [0.29, 0.717) is 13.2 Å². The van der Waals surface area contributed by atoms with E-state index in [1.165, 1.54) is 57.5 Å². The molecule has 282 valence electrons. The third-order valence-corrected chi connectivity index (χ3v) is 9.33. The highest BCUT2D eigenvalue weighted by Crippen LogP contribution is 2.31. The van der Waals surface area contributed by atoms with E-state index >= 15 is 0 Å². The van der Waals surface area contributed by atoms with Crippen molar-refractivity contribution < 1.29 is 33.3 Å². The van der Waals surface area contributed by atoms with Gasteiger partial charge in [-0.05, 0) is 136 Å². The molecule has 1 amide bonds. The maximum absolute atomic E-state index is 13.1. The van der Waals surface area contributed by atoms with Crippen LogP contribution in [0.25, 0.3) is 10.8 Å². The fourth-order valence-electron chi connectivity index (χ4n) is 6.01. The molecular weight excluding hydrogens is 664 g/mol. The van der Waals surface area contributed by atoms with Gasteiger partial charge in [0.15, 0.2) is 23.0 Å². The SMILES string of the molecule is CC.NC(=O)C(F)(F)CCc1ccc2ccccc2c1.Oc1ccc(CCCN2CCC2)cc1O.c1cc2c(cc1CCCN1CCC1)OCCO2. The molecule has 0 bridgehead atoms. The third kappa shape index (κ3) is 12.7. The van der Waals surface area contributed by atoms with Gasteiger partial charge in [0.1, 0.15) is 13.2 Å². The number of benzene rings is 4. The summed E-state index contributed by atoms with van der Waals surface area (Å²) in [6, 6.07) is 24.6. The van der Waals surface area contributed by atoms with Gasteiger partial charge in [-0.15, -0.1) is 0 Å². The molecule has 0 atom stereocenters. The number of nitrogens with zero attached hydrogens (tertiary/aromatic N) is 2. The number of primary amides is 1. The summed E-state index contributed by atoms with van der Waals surface area (Å²) in [7, 11) is 0. The van der Waals surface area contributed by atoms with Gasteiger partial charge in [0.25, 0.3) is 5.91 Å². The van der Waals surface area contributed by atoms with Crippen LogP contribution in [0.2, 0.25) is 0 Å². The number of aromatic hydroxyl groups is 2. The van der Waals surface area contributed by atoms with Crippen molar-refractivity contribution in [3.63, 3.8) is 0 Å². The van der Waals surface area contributed by atoms with Crippen LogP contribution in [0, 0.1) is 0 Å². The van der Waals surface area contributed by atoms with Gasteiger partial charge in [0.2, 0.25) is 0 Å². The van der Waals surface area contributed by atoms with Gasteiger partial charge in [0.05, 0.1) is 0 Å². The number of halogens is 2. The molecule has 7 rings (SSSR count). The van der Waals surface area contributed by atoms with Crippen molar-refractivity contribution in [2.45, 2.75) is 71.1 Å². The van der Waals surface area contributed by atoms with E-state index in [0.717, 1.165) is 59.2 Å². The van der Waals surface area contributed by atoms with Gasteiger partial charge in [-0.25, -0.2) is 0 Å². The van der Waals surface area contributed by atoms with Crippen LogP contribution in [0.1, 0.15) is 62.6 Å². The number of carbonyl (C=O) groups is 1. The zero-order valence-corrected chi connectivity index (χ0v) is 30.7. The van der Waals surface area contributed by atoms with E-state index in [4.69, 9.17) is 14.6 Å². The summed E-state index contributed by atoms with van der Waals surface area (Å²) in [5, 5.41) is 20.5. The van der Waals surface area contributed by atoms with Crippen molar-refractivity contribution in [2.75, 3.05) is 52.5 Å². The molecule has 3 heterocycles. The second-order valence-corrected chi connectivity index (χ2v) is 13.1. The van der Waals surface area contributed by atoms with E-state index in [1.54, 1.807) is 18.2 Å². The molecule has 0 saturated carbocycles. The maximum Gasteiger partial charge on any atom is 0.324 e. The van der Waals surface area contributed by atoms with E-state index in [-0.39, 0.29) is 17.9 Å². The zero-order valence-electron chi connectivity index (χ0n) is 30.7. The van der Waals surface area contributed by atoms with Crippen LogP contribution in [-0.4, -0.2) is 84.3 Å². The normalized spacial score (nSPS) is 15.0. The number of likely N-dealkylation sites (tertiary alicyclic amines) is 2. The summed E-state index contributed by atoms with van der Waals surface area (Å²) >= 11 is 0. The third-order valence-electron chi connectivity index (χ3n) is 9.33. The van der Waals surface area contributed by atoms with Crippen molar-refractivity contribution in [1.82, 2.24) is 9.80 Å². The lowest BCUT2D eigenvalue weighted by Gasteiger charge is -2.30. The Labute approximate surface area is 307 Å². The van der Waals surface area contributed by atoms with Crippen molar-refractivity contribution in [1.29, 1.82) is 0 Å². The monoisotopic (exact) mass is 719 g/mol. The molecule has 3 aliphatic rings. The predicted molar refractivity (Wildman–Crippen MR) is 204 cm³/mol. The number of alkyl halides is 2. The molecule has 0 spiro atoms. The molecule has 0 aliphatic carbocycles. The number of carbonyl (C=O) groups excluding carboxylic acids is 1. The minimum absolute atomic E-state index is 0.0172. The van der Waals surface area contributed by atoms with Crippen LogP contribution < -0.4 is 15.2 Å². The van der Waals surface area contributed by atoms with Gasteiger partial charge in [-0.2, -0.15) is 8.78 Å². The summed E-state index contributed by atoms with van der Waals surface area (Å²) in [4.78, 5) is 15.5. The number of rotatable bonds is 12. The quantitative estimate of drug-likeness (QED) is 0.129. The van der Waals surface area contributed by atoms with Crippen LogP contribution in [0.4, 0.5) is 8.78 Å². The molecule has 52 heavy (non-hydrogen) atoms. The average Bonchev–Trinajstić information content (AvgIpc) is 3.12. The number of amides is 1. The number of hydrogen-bond acceptors (Lipinski definition) is 7. The number of nitrogens with two attached hydrogens (primary N) is 1.